The third kappa shape index (κ3) is 5.27. The van der Waals surface area contributed by atoms with Crippen LogP contribution in [0.2, 0.25) is 0 Å². The second-order valence-electron chi connectivity index (χ2n) is 7.52. The number of aliphatic hydroxyl groups is 1. The van der Waals surface area contributed by atoms with Gasteiger partial charge in [0.05, 0.1) is 5.60 Å². The summed E-state index contributed by atoms with van der Waals surface area (Å²) >= 11 is 0. The zero-order chi connectivity index (χ0) is 19.5. The SMILES string of the molecule is Oc1ccc(CC(N2CCNCC2)C2(O)CCCCC2)cc1OC(F)(F)F. The Morgan fingerprint density at radius 1 is 1.15 bits per heavy atom. The lowest BCUT2D eigenvalue weighted by Gasteiger charge is -2.46. The van der Waals surface area contributed by atoms with Crippen LogP contribution in [0.1, 0.15) is 37.7 Å². The lowest BCUT2D eigenvalue weighted by Crippen LogP contribution is -2.59. The van der Waals surface area contributed by atoms with E-state index in [-0.39, 0.29) is 6.04 Å². The van der Waals surface area contributed by atoms with E-state index in [1.165, 1.54) is 12.1 Å². The zero-order valence-corrected chi connectivity index (χ0v) is 15.3. The molecule has 3 rings (SSSR count). The predicted octanol–water partition coefficient (Wildman–Crippen LogP) is 2.80. The van der Waals surface area contributed by atoms with Gasteiger partial charge in [-0.05, 0) is 37.0 Å². The minimum absolute atomic E-state index is 0.178. The van der Waals surface area contributed by atoms with E-state index in [1.807, 2.05) is 0 Å². The second kappa shape index (κ2) is 8.24. The van der Waals surface area contributed by atoms with E-state index in [9.17, 15) is 23.4 Å². The van der Waals surface area contributed by atoms with E-state index in [0.717, 1.165) is 45.4 Å². The molecule has 1 aromatic carbocycles. The topological polar surface area (TPSA) is 65.0 Å². The van der Waals surface area contributed by atoms with E-state index in [4.69, 9.17) is 0 Å². The molecule has 5 nitrogen and oxygen atoms in total. The number of alkyl halides is 3. The highest BCUT2D eigenvalue weighted by molar-refractivity contribution is 5.42. The molecular formula is C19H27F3N2O3. The maximum atomic E-state index is 12.6. The van der Waals surface area contributed by atoms with Crippen LogP contribution in [0.3, 0.4) is 0 Å². The molecule has 0 spiro atoms. The maximum absolute atomic E-state index is 12.6. The van der Waals surface area contributed by atoms with Crippen molar-refractivity contribution in [1.29, 1.82) is 0 Å². The molecule has 0 amide bonds. The second-order valence-corrected chi connectivity index (χ2v) is 7.52. The molecule has 1 aromatic rings. The number of nitrogens with zero attached hydrogens (tertiary/aromatic N) is 1. The van der Waals surface area contributed by atoms with Gasteiger partial charge in [-0.15, -0.1) is 13.2 Å². The zero-order valence-electron chi connectivity index (χ0n) is 15.3. The summed E-state index contributed by atoms with van der Waals surface area (Å²) in [4.78, 5) is 2.24. The average Bonchev–Trinajstić information content (AvgIpc) is 2.62. The van der Waals surface area contributed by atoms with Gasteiger partial charge in [0.1, 0.15) is 0 Å². The van der Waals surface area contributed by atoms with Crippen molar-refractivity contribution in [3.63, 3.8) is 0 Å². The molecule has 0 aromatic heterocycles. The van der Waals surface area contributed by atoms with Crippen molar-refractivity contribution >= 4 is 0 Å². The highest BCUT2D eigenvalue weighted by Crippen LogP contribution is 2.37. The summed E-state index contributed by atoms with van der Waals surface area (Å²) < 4.78 is 41.6. The number of aromatic hydroxyl groups is 1. The molecule has 8 heteroatoms. The Morgan fingerprint density at radius 2 is 1.81 bits per heavy atom. The van der Waals surface area contributed by atoms with Crippen molar-refractivity contribution in [2.45, 2.75) is 56.5 Å². The van der Waals surface area contributed by atoms with Gasteiger partial charge < -0.3 is 20.3 Å². The Hall–Kier alpha value is -1.51. The highest BCUT2D eigenvalue weighted by atomic mass is 19.4. The first kappa shape index (κ1) is 20.2. The molecule has 2 fully saturated rings. The number of rotatable bonds is 5. The molecule has 2 aliphatic rings. The van der Waals surface area contributed by atoms with Crippen LogP contribution in [0.4, 0.5) is 13.2 Å². The molecule has 27 heavy (non-hydrogen) atoms. The normalized spacial score (nSPS) is 22.4. The smallest absolute Gasteiger partial charge is 0.504 e. The fraction of sp³-hybridized carbons (Fsp3) is 0.684. The Morgan fingerprint density at radius 3 is 2.44 bits per heavy atom. The van der Waals surface area contributed by atoms with Crippen molar-refractivity contribution in [3.05, 3.63) is 23.8 Å². The summed E-state index contributed by atoms with van der Waals surface area (Å²) in [5, 5.41) is 24.3. The van der Waals surface area contributed by atoms with Gasteiger partial charge in [0, 0.05) is 32.2 Å². The van der Waals surface area contributed by atoms with E-state index < -0.39 is 23.5 Å². The van der Waals surface area contributed by atoms with Crippen molar-refractivity contribution < 1.29 is 28.1 Å². The Labute approximate surface area is 157 Å². The van der Waals surface area contributed by atoms with Crippen LogP contribution in [0, 0.1) is 0 Å². The monoisotopic (exact) mass is 388 g/mol. The largest absolute Gasteiger partial charge is 0.573 e. The number of phenols is 1. The summed E-state index contributed by atoms with van der Waals surface area (Å²) in [6, 6.07) is 3.86. The molecule has 1 aliphatic carbocycles. The molecule has 1 saturated heterocycles. The van der Waals surface area contributed by atoms with Crippen LogP contribution in [-0.2, 0) is 6.42 Å². The van der Waals surface area contributed by atoms with Crippen LogP contribution in [0.15, 0.2) is 18.2 Å². The number of halogens is 3. The minimum Gasteiger partial charge on any atom is -0.504 e. The van der Waals surface area contributed by atoms with Crippen LogP contribution >= 0.6 is 0 Å². The number of hydrogen-bond acceptors (Lipinski definition) is 5. The van der Waals surface area contributed by atoms with Crippen LogP contribution in [0.25, 0.3) is 0 Å². The Kier molecular flexibility index (Phi) is 6.18. The van der Waals surface area contributed by atoms with Gasteiger partial charge in [-0.1, -0.05) is 25.3 Å². The summed E-state index contributed by atoms with van der Waals surface area (Å²) in [5.41, 5.74) is -0.243. The fourth-order valence-electron chi connectivity index (χ4n) is 4.27. The molecule has 0 radical (unpaired) electrons. The van der Waals surface area contributed by atoms with E-state index in [1.54, 1.807) is 6.07 Å². The van der Waals surface area contributed by atoms with Gasteiger partial charge in [0.2, 0.25) is 0 Å². The number of hydrogen-bond donors (Lipinski definition) is 3. The van der Waals surface area contributed by atoms with Gasteiger partial charge in [-0.25, -0.2) is 0 Å². The number of phenolic OH excluding ortho intramolecular Hbond substituents is 1. The summed E-state index contributed by atoms with van der Waals surface area (Å²) in [7, 11) is 0. The molecule has 152 valence electrons. The van der Waals surface area contributed by atoms with Crippen molar-refractivity contribution in [2.75, 3.05) is 26.2 Å². The Balaban J connectivity index is 1.84. The fourth-order valence-corrected chi connectivity index (χ4v) is 4.27. The first-order valence-electron chi connectivity index (χ1n) is 9.52. The van der Waals surface area contributed by atoms with E-state index >= 15 is 0 Å². The first-order chi connectivity index (χ1) is 12.8. The van der Waals surface area contributed by atoms with Crippen LogP contribution < -0.4 is 10.1 Å². The van der Waals surface area contributed by atoms with Crippen LogP contribution in [0.5, 0.6) is 11.5 Å². The minimum atomic E-state index is -4.87. The molecule has 0 bridgehead atoms. The number of ether oxygens (including phenoxy) is 1. The Bertz CT molecular complexity index is 627. The highest BCUT2D eigenvalue weighted by Gasteiger charge is 2.41. The van der Waals surface area contributed by atoms with Gasteiger partial charge >= 0.3 is 6.36 Å². The molecule has 1 heterocycles. The molecule has 1 saturated carbocycles. The number of nitrogens with one attached hydrogen (secondary N) is 1. The lowest BCUT2D eigenvalue weighted by molar-refractivity contribution is -0.275. The third-order valence-corrected chi connectivity index (χ3v) is 5.61. The van der Waals surface area contributed by atoms with Crippen molar-refractivity contribution in [2.24, 2.45) is 0 Å². The van der Waals surface area contributed by atoms with Gasteiger partial charge in [-0.3, -0.25) is 4.90 Å². The van der Waals surface area contributed by atoms with Gasteiger partial charge in [0.25, 0.3) is 0 Å². The number of piperazine rings is 1. The van der Waals surface area contributed by atoms with Gasteiger partial charge in [0.15, 0.2) is 11.5 Å². The van der Waals surface area contributed by atoms with E-state index in [0.29, 0.717) is 24.8 Å². The molecule has 3 N–H and O–H groups in total. The molecule has 1 aliphatic heterocycles. The average molecular weight is 388 g/mol. The summed E-state index contributed by atoms with van der Waals surface area (Å²) in [5.74, 6) is -1.15. The predicted molar refractivity (Wildman–Crippen MR) is 94.8 cm³/mol. The van der Waals surface area contributed by atoms with E-state index in [2.05, 4.69) is 15.0 Å². The first-order valence-corrected chi connectivity index (χ1v) is 9.52. The number of benzene rings is 1. The third-order valence-electron chi connectivity index (χ3n) is 5.61. The standard InChI is InChI=1S/C19H27F3N2O3/c20-19(21,22)27-16-12-14(4-5-15(16)25)13-17(24-10-8-23-9-11-24)18(26)6-2-1-3-7-18/h4-5,12,17,23,25-26H,1-3,6-11,13H2. The molecular weight excluding hydrogens is 361 g/mol. The maximum Gasteiger partial charge on any atom is 0.573 e. The summed E-state index contributed by atoms with van der Waals surface area (Å²) in [6.07, 6.45) is -0.0502. The molecule has 1 unspecified atom stereocenters. The quantitative estimate of drug-likeness (QED) is 0.724. The van der Waals surface area contributed by atoms with Crippen LogP contribution in [-0.4, -0.2) is 59.3 Å². The van der Waals surface area contributed by atoms with Crippen molar-refractivity contribution in [1.82, 2.24) is 10.2 Å². The van der Waals surface area contributed by atoms with Gasteiger partial charge in [-0.2, -0.15) is 0 Å². The van der Waals surface area contributed by atoms with Crippen molar-refractivity contribution in [3.8, 4) is 11.5 Å². The summed E-state index contributed by atoms with van der Waals surface area (Å²) in [6.45, 7) is 3.23. The molecule has 1 atom stereocenters. The lowest BCUT2D eigenvalue weighted by atomic mass is 9.76.